The summed E-state index contributed by atoms with van der Waals surface area (Å²) in [5.74, 6) is -2.21. The number of aliphatic carboxylic acids is 1. The Hall–Kier alpha value is -2.37. The van der Waals surface area contributed by atoms with Gasteiger partial charge in [0.2, 0.25) is 11.8 Å². The fraction of sp³-hybridized carbons (Fsp3) is 0.357. The van der Waals surface area contributed by atoms with Crippen LogP contribution in [-0.2, 0) is 14.4 Å². The summed E-state index contributed by atoms with van der Waals surface area (Å²) in [4.78, 5) is 35.5. The molecule has 6 nitrogen and oxygen atoms in total. The van der Waals surface area contributed by atoms with E-state index in [4.69, 9.17) is 10.8 Å². The molecule has 3 N–H and O–H groups in total. The molecule has 0 aliphatic carbocycles. The lowest BCUT2D eigenvalue weighted by Gasteiger charge is -2.22. The third-order valence-corrected chi connectivity index (χ3v) is 3.58. The van der Waals surface area contributed by atoms with Crippen molar-refractivity contribution in [3.8, 4) is 0 Å². The van der Waals surface area contributed by atoms with Crippen molar-refractivity contribution in [1.82, 2.24) is 0 Å². The zero-order valence-electron chi connectivity index (χ0n) is 11.1. The van der Waals surface area contributed by atoms with Crippen molar-refractivity contribution in [3.05, 3.63) is 29.8 Å². The Morgan fingerprint density at radius 3 is 2.45 bits per heavy atom. The monoisotopic (exact) mass is 276 g/mol. The minimum absolute atomic E-state index is 0.146. The van der Waals surface area contributed by atoms with Gasteiger partial charge in [0.1, 0.15) is 6.04 Å². The van der Waals surface area contributed by atoms with Crippen molar-refractivity contribution in [2.75, 3.05) is 4.90 Å². The second-order valence-electron chi connectivity index (χ2n) is 4.87. The zero-order chi connectivity index (χ0) is 14.9. The maximum Gasteiger partial charge on any atom is 0.310 e. The Bertz CT molecular complexity index is 553. The minimum atomic E-state index is -0.912. The lowest BCUT2D eigenvalue weighted by Crippen LogP contribution is -2.42. The van der Waals surface area contributed by atoms with Gasteiger partial charge in [-0.25, -0.2) is 0 Å². The smallest absolute Gasteiger partial charge is 0.310 e. The maximum absolute atomic E-state index is 11.8. The van der Waals surface area contributed by atoms with E-state index in [-0.39, 0.29) is 5.91 Å². The third-order valence-electron chi connectivity index (χ3n) is 3.58. The van der Waals surface area contributed by atoms with Gasteiger partial charge in [-0.15, -0.1) is 0 Å². The Morgan fingerprint density at radius 2 is 1.95 bits per heavy atom. The molecule has 106 valence electrons. The number of nitrogens with zero attached hydrogens (tertiary/aromatic N) is 1. The van der Waals surface area contributed by atoms with Gasteiger partial charge in [-0.05, 0) is 31.0 Å². The van der Waals surface area contributed by atoms with Gasteiger partial charge in [0.25, 0.3) is 0 Å². The van der Waals surface area contributed by atoms with Gasteiger partial charge in [0.15, 0.2) is 0 Å². The van der Waals surface area contributed by atoms with Crippen LogP contribution in [0.1, 0.15) is 31.2 Å². The van der Waals surface area contributed by atoms with Crippen LogP contribution in [0.2, 0.25) is 0 Å². The molecule has 20 heavy (non-hydrogen) atoms. The summed E-state index contributed by atoms with van der Waals surface area (Å²) in [5, 5.41) is 8.95. The van der Waals surface area contributed by atoms with E-state index in [0.717, 1.165) is 0 Å². The zero-order valence-corrected chi connectivity index (χ0v) is 11.1. The highest BCUT2D eigenvalue weighted by molar-refractivity contribution is 6.03. The van der Waals surface area contributed by atoms with Gasteiger partial charge in [0, 0.05) is 12.1 Å². The summed E-state index contributed by atoms with van der Waals surface area (Å²) < 4.78 is 0. The number of benzene rings is 1. The number of carbonyl (C=O) groups excluding carboxylic acids is 2. The predicted molar refractivity (Wildman–Crippen MR) is 72.2 cm³/mol. The number of primary amides is 1. The van der Waals surface area contributed by atoms with Crippen LogP contribution in [0.5, 0.6) is 0 Å². The predicted octanol–water partition coefficient (Wildman–Crippen LogP) is 0.855. The summed E-state index contributed by atoms with van der Waals surface area (Å²) in [6.07, 6.45) is 0.711. The summed E-state index contributed by atoms with van der Waals surface area (Å²) in [7, 11) is 0. The normalized spacial score (nSPS) is 19.9. The second kappa shape index (κ2) is 5.32. The van der Waals surface area contributed by atoms with Crippen LogP contribution in [0.15, 0.2) is 24.3 Å². The molecule has 0 spiro atoms. The Morgan fingerprint density at radius 1 is 1.35 bits per heavy atom. The Kier molecular flexibility index (Phi) is 3.74. The lowest BCUT2D eigenvalue weighted by atomic mass is 10.0. The molecular formula is C14H16N2O4. The van der Waals surface area contributed by atoms with Crippen LogP contribution in [0, 0.1) is 0 Å². The largest absolute Gasteiger partial charge is 0.481 e. The SMILES string of the molecule is CC(C(=O)O)c1ccc(N2C(=O)CCC2C(N)=O)cc1. The first kappa shape index (κ1) is 14.0. The van der Waals surface area contributed by atoms with Gasteiger partial charge < -0.3 is 10.8 Å². The van der Waals surface area contributed by atoms with Crippen LogP contribution in [0.25, 0.3) is 0 Å². The van der Waals surface area contributed by atoms with Gasteiger partial charge in [0.05, 0.1) is 5.92 Å². The van der Waals surface area contributed by atoms with Crippen LogP contribution in [0.4, 0.5) is 5.69 Å². The van der Waals surface area contributed by atoms with E-state index >= 15 is 0 Å². The molecule has 1 saturated heterocycles. The number of carbonyl (C=O) groups is 3. The molecule has 2 amide bonds. The molecule has 0 aromatic heterocycles. The number of carboxylic acids is 1. The van der Waals surface area contributed by atoms with Gasteiger partial charge in [-0.2, -0.15) is 0 Å². The fourth-order valence-corrected chi connectivity index (χ4v) is 2.34. The summed E-state index contributed by atoms with van der Waals surface area (Å²) in [5.41, 5.74) is 6.50. The number of hydrogen-bond acceptors (Lipinski definition) is 3. The molecule has 0 radical (unpaired) electrons. The van der Waals surface area contributed by atoms with Crippen molar-refractivity contribution in [2.45, 2.75) is 31.7 Å². The number of amides is 2. The Labute approximate surface area is 116 Å². The number of hydrogen-bond donors (Lipinski definition) is 2. The summed E-state index contributed by atoms with van der Waals surface area (Å²) >= 11 is 0. The topological polar surface area (TPSA) is 101 Å². The molecule has 2 atom stereocenters. The number of anilines is 1. The first-order valence-corrected chi connectivity index (χ1v) is 6.36. The van der Waals surface area contributed by atoms with Gasteiger partial charge in [-0.1, -0.05) is 12.1 Å². The second-order valence-corrected chi connectivity index (χ2v) is 4.87. The Balaban J connectivity index is 2.27. The van der Waals surface area contributed by atoms with Gasteiger partial charge in [-0.3, -0.25) is 19.3 Å². The van der Waals surface area contributed by atoms with Crippen molar-refractivity contribution >= 4 is 23.5 Å². The van der Waals surface area contributed by atoms with Crippen molar-refractivity contribution in [2.24, 2.45) is 5.73 Å². The maximum atomic E-state index is 11.8. The van der Waals surface area contributed by atoms with Crippen LogP contribution >= 0.6 is 0 Å². The van der Waals surface area contributed by atoms with Crippen LogP contribution < -0.4 is 10.6 Å². The molecule has 1 aromatic carbocycles. The van der Waals surface area contributed by atoms with Crippen LogP contribution in [0.3, 0.4) is 0 Å². The molecule has 2 rings (SSSR count). The van der Waals surface area contributed by atoms with Gasteiger partial charge >= 0.3 is 5.97 Å². The van der Waals surface area contributed by atoms with E-state index in [2.05, 4.69) is 0 Å². The highest BCUT2D eigenvalue weighted by atomic mass is 16.4. The molecule has 6 heteroatoms. The summed E-state index contributed by atoms with van der Waals surface area (Å²) in [6, 6.07) is 5.97. The number of rotatable bonds is 4. The quantitative estimate of drug-likeness (QED) is 0.851. The molecule has 1 aliphatic heterocycles. The molecular weight excluding hydrogens is 260 g/mol. The molecule has 1 heterocycles. The lowest BCUT2D eigenvalue weighted by molar-refractivity contribution is -0.138. The fourth-order valence-electron chi connectivity index (χ4n) is 2.34. The standard InChI is InChI=1S/C14H16N2O4/c1-8(14(19)20)9-2-4-10(5-3-9)16-11(13(15)18)6-7-12(16)17/h2-5,8,11H,6-7H2,1H3,(H2,15,18)(H,19,20). The molecule has 1 aromatic rings. The van der Waals surface area contributed by atoms with Crippen molar-refractivity contribution in [1.29, 1.82) is 0 Å². The van der Waals surface area contributed by atoms with Crippen molar-refractivity contribution < 1.29 is 19.5 Å². The molecule has 0 saturated carbocycles. The van der Waals surface area contributed by atoms with E-state index in [0.29, 0.717) is 24.1 Å². The average Bonchev–Trinajstić information content (AvgIpc) is 2.80. The van der Waals surface area contributed by atoms with E-state index < -0.39 is 23.8 Å². The van der Waals surface area contributed by atoms with E-state index in [1.807, 2.05) is 0 Å². The van der Waals surface area contributed by atoms with E-state index in [1.165, 1.54) is 4.90 Å². The molecule has 1 fully saturated rings. The average molecular weight is 276 g/mol. The van der Waals surface area contributed by atoms with E-state index in [9.17, 15) is 14.4 Å². The number of carboxylic acid groups (broad SMARTS) is 1. The molecule has 1 aliphatic rings. The highest BCUT2D eigenvalue weighted by Gasteiger charge is 2.35. The number of nitrogens with two attached hydrogens (primary N) is 1. The molecule has 0 bridgehead atoms. The van der Waals surface area contributed by atoms with E-state index in [1.54, 1.807) is 31.2 Å². The first-order valence-electron chi connectivity index (χ1n) is 6.36. The first-order chi connectivity index (χ1) is 9.41. The highest BCUT2D eigenvalue weighted by Crippen LogP contribution is 2.28. The molecule has 2 unspecified atom stereocenters. The third kappa shape index (κ3) is 2.49. The minimum Gasteiger partial charge on any atom is -0.481 e. The van der Waals surface area contributed by atoms with Crippen LogP contribution in [-0.4, -0.2) is 28.9 Å². The van der Waals surface area contributed by atoms with Crippen molar-refractivity contribution in [3.63, 3.8) is 0 Å². The summed E-state index contributed by atoms with van der Waals surface area (Å²) in [6.45, 7) is 1.59.